The van der Waals surface area contributed by atoms with Crippen molar-refractivity contribution in [1.29, 1.82) is 0 Å². The molecule has 0 bridgehead atoms. The van der Waals surface area contributed by atoms with Crippen LogP contribution in [0.25, 0.3) is 0 Å². The van der Waals surface area contributed by atoms with Gasteiger partial charge in [0, 0.05) is 8.95 Å². The summed E-state index contributed by atoms with van der Waals surface area (Å²) in [7, 11) is 1.54. The lowest BCUT2D eigenvalue weighted by molar-refractivity contribution is 0.402. The van der Waals surface area contributed by atoms with Gasteiger partial charge < -0.3 is 10.1 Å². The molecule has 0 aliphatic rings. The van der Waals surface area contributed by atoms with Gasteiger partial charge in [0.25, 0.3) is 0 Å². The third-order valence-electron chi connectivity index (χ3n) is 2.99. The van der Waals surface area contributed by atoms with Crippen LogP contribution in [0.4, 0.5) is 10.1 Å². The van der Waals surface area contributed by atoms with E-state index < -0.39 is 0 Å². The normalized spacial score (nSPS) is 12.1. The molecule has 1 atom stereocenters. The molecule has 0 fully saturated rings. The van der Waals surface area contributed by atoms with Gasteiger partial charge >= 0.3 is 0 Å². The van der Waals surface area contributed by atoms with Crippen LogP contribution in [0.3, 0.4) is 0 Å². The summed E-state index contributed by atoms with van der Waals surface area (Å²) in [5, 5.41) is 3.30. The fraction of sp³-hybridized carbons (Fsp3) is 0.200. The van der Waals surface area contributed by atoms with Gasteiger partial charge in [-0.3, -0.25) is 0 Å². The Balaban J connectivity index is 2.36. The van der Waals surface area contributed by atoms with Crippen LogP contribution >= 0.6 is 31.9 Å². The Bertz CT molecular complexity index is 599. The number of anilines is 1. The van der Waals surface area contributed by atoms with Crippen molar-refractivity contribution < 1.29 is 9.13 Å². The highest BCUT2D eigenvalue weighted by atomic mass is 79.9. The molecular weight excluding hydrogens is 389 g/mol. The van der Waals surface area contributed by atoms with E-state index in [4.69, 9.17) is 4.74 Å². The summed E-state index contributed by atoms with van der Waals surface area (Å²) in [5.41, 5.74) is 1.39. The van der Waals surface area contributed by atoms with Gasteiger partial charge in [-0.25, -0.2) is 4.39 Å². The van der Waals surface area contributed by atoms with E-state index in [1.165, 1.54) is 6.07 Å². The summed E-state index contributed by atoms with van der Waals surface area (Å²) in [4.78, 5) is 0. The van der Waals surface area contributed by atoms with Crippen molar-refractivity contribution in [2.75, 3.05) is 12.4 Å². The molecule has 1 unspecified atom stereocenters. The number of methoxy groups -OCH3 is 1. The first-order valence-electron chi connectivity index (χ1n) is 6.07. The Labute approximate surface area is 134 Å². The highest BCUT2D eigenvalue weighted by molar-refractivity contribution is 9.11. The SMILES string of the molecule is COc1cccc(F)c1C(C)Nc1c(Br)cccc1Br. The zero-order valence-electron chi connectivity index (χ0n) is 11.1. The van der Waals surface area contributed by atoms with Crippen molar-refractivity contribution in [2.45, 2.75) is 13.0 Å². The van der Waals surface area contributed by atoms with Crippen LogP contribution in [0.1, 0.15) is 18.5 Å². The maximum absolute atomic E-state index is 14.0. The molecule has 1 N–H and O–H groups in total. The first kappa shape index (κ1) is 15.3. The van der Waals surface area contributed by atoms with E-state index >= 15 is 0 Å². The molecular formula is C15H14Br2FNO. The van der Waals surface area contributed by atoms with E-state index in [0.717, 1.165) is 14.6 Å². The predicted molar refractivity (Wildman–Crippen MR) is 86.8 cm³/mol. The smallest absolute Gasteiger partial charge is 0.132 e. The van der Waals surface area contributed by atoms with Gasteiger partial charge in [0.05, 0.1) is 24.4 Å². The van der Waals surface area contributed by atoms with Gasteiger partial charge in [0.15, 0.2) is 0 Å². The van der Waals surface area contributed by atoms with E-state index in [-0.39, 0.29) is 11.9 Å². The molecule has 0 spiro atoms. The van der Waals surface area contributed by atoms with Crippen LogP contribution in [-0.2, 0) is 0 Å². The minimum Gasteiger partial charge on any atom is -0.496 e. The molecule has 106 valence electrons. The van der Waals surface area contributed by atoms with Crippen LogP contribution in [0.2, 0.25) is 0 Å². The Hall–Kier alpha value is -1.07. The molecule has 0 amide bonds. The second-order valence-corrected chi connectivity index (χ2v) is 6.03. The predicted octanol–water partition coefficient (Wildman–Crippen LogP) is 5.53. The summed E-state index contributed by atoms with van der Waals surface area (Å²) >= 11 is 6.97. The molecule has 5 heteroatoms. The van der Waals surface area contributed by atoms with Crippen molar-refractivity contribution >= 4 is 37.5 Å². The Morgan fingerprint density at radius 3 is 2.30 bits per heavy atom. The molecule has 2 nitrogen and oxygen atoms in total. The summed E-state index contributed by atoms with van der Waals surface area (Å²) in [6.07, 6.45) is 0. The van der Waals surface area contributed by atoms with Crippen LogP contribution in [0.15, 0.2) is 45.3 Å². The van der Waals surface area contributed by atoms with E-state index in [0.29, 0.717) is 11.3 Å². The molecule has 0 aromatic heterocycles. The Morgan fingerprint density at radius 1 is 1.10 bits per heavy atom. The average Bonchev–Trinajstić information content (AvgIpc) is 2.42. The lowest BCUT2D eigenvalue weighted by atomic mass is 10.1. The number of benzene rings is 2. The van der Waals surface area contributed by atoms with Crippen LogP contribution in [0, 0.1) is 5.82 Å². The van der Waals surface area contributed by atoms with Crippen molar-refractivity contribution in [3.05, 3.63) is 56.7 Å². The molecule has 2 rings (SSSR count). The average molecular weight is 403 g/mol. The van der Waals surface area contributed by atoms with Crippen molar-refractivity contribution in [3.63, 3.8) is 0 Å². The maximum Gasteiger partial charge on any atom is 0.132 e. The Kier molecular flexibility index (Phi) is 5.05. The number of hydrogen-bond acceptors (Lipinski definition) is 2. The first-order chi connectivity index (χ1) is 9.54. The molecule has 0 aliphatic carbocycles. The van der Waals surface area contributed by atoms with E-state index in [1.54, 1.807) is 19.2 Å². The largest absolute Gasteiger partial charge is 0.496 e. The molecule has 0 saturated heterocycles. The second-order valence-electron chi connectivity index (χ2n) is 4.32. The second kappa shape index (κ2) is 6.59. The third-order valence-corrected chi connectivity index (χ3v) is 4.31. The topological polar surface area (TPSA) is 21.3 Å². The third kappa shape index (κ3) is 3.15. The molecule has 0 saturated carbocycles. The minimum atomic E-state index is -0.285. The summed E-state index contributed by atoms with van der Waals surface area (Å²) in [6, 6.07) is 10.4. The van der Waals surface area contributed by atoms with Crippen LogP contribution in [-0.4, -0.2) is 7.11 Å². The number of nitrogens with one attached hydrogen (secondary N) is 1. The Morgan fingerprint density at radius 2 is 1.70 bits per heavy atom. The quantitative estimate of drug-likeness (QED) is 0.725. The van der Waals surface area contributed by atoms with Crippen LogP contribution < -0.4 is 10.1 Å². The van der Waals surface area contributed by atoms with Gasteiger partial charge in [0.2, 0.25) is 0 Å². The van der Waals surface area contributed by atoms with Crippen LogP contribution in [0.5, 0.6) is 5.75 Å². The lowest BCUT2D eigenvalue weighted by Gasteiger charge is -2.20. The van der Waals surface area contributed by atoms with E-state index in [1.807, 2.05) is 25.1 Å². The summed E-state index contributed by atoms with van der Waals surface area (Å²) in [5.74, 6) is 0.251. The molecule has 0 aliphatic heterocycles. The lowest BCUT2D eigenvalue weighted by Crippen LogP contribution is -2.11. The number of rotatable bonds is 4. The highest BCUT2D eigenvalue weighted by Crippen LogP contribution is 2.36. The van der Waals surface area contributed by atoms with Gasteiger partial charge in [0.1, 0.15) is 11.6 Å². The monoisotopic (exact) mass is 401 g/mol. The molecule has 2 aromatic carbocycles. The zero-order chi connectivity index (χ0) is 14.7. The fourth-order valence-corrected chi connectivity index (χ4v) is 3.27. The molecule has 0 radical (unpaired) electrons. The number of halogens is 3. The van der Waals surface area contributed by atoms with Gasteiger partial charge in [-0.2, -0.15) is 0 Å². The molecule has 20 heavy (non-hydrogen) atoms. The van der Waals surface area contributed by atoms with Gasteiger partial charge in [-0.05, 0) is 63.0 Å². The molecule has 0 heterocycles. The fourth-order valence-electron chi connectivity index (χ4n) is 2.04. The van der Waals surface area contributed by atoms with Crippen molar-refractivity contribution in [1.82, 2.24) is 0 Å². The van der Waals surface area contributed by atoms with E-state index in [2.05, 4.69) is 37.2 Å². The van der Waals surface area contributed by atoms with Crippen molar-refractivity contribution in [2.24, 2.45) is 0 Å². The summed E-state index contributed by atoms with van der Waals surface area (Å²) < 4.78 is 21.1. The van der Waals surface area contributed by atoms with Crippen molar-refractivity contribution in [3.8, 4) is 5.75 Å². The standard InChI is InChI=1S/C15H14Br2FNO/c1-9(14-12(18)7-4-8-13(14)20-2)19-15-10(16)5-3-6-11(15)17/h3-9,19H,1-2H3. The highest BCUT2D eigenvalue weighted by Gasteiger charge is 2.18. The number of para-hydroxylation sites is 1. The van der Waals surface area contributed by atoms with Gasteiger partial charge in [-0.1, -0.05) is 12.1 Å². The maximum atomic E-state index is 14.0. The van der Waals surface area contributed by atoms with E-state index in [9.17, 15) is 4.39 Å². The minimum absolute atomic E-state index is 0.235. The first-order valence-corrected chi connectivity index (χ1v) is 7.66. The number of hydrogen-bond donors (Lipinski definition) is 1. The van der Waals surface area contributed by atoms with Gasteiger partial charge in [-0.15, -0.1) is 0 Å². The molecule has 2 aromatic rings. The summed E-state index contributed by atoms with van der Waals surface area (Å²) in [6.45, 7) is 1.90. The zero-order valence-corrected chi connectivity index (χ0v) is 14.3. The number of ether oxygens (including phenoxy) is 1.